The van der Waals surface area contributed by atoms with Gasteiger partial charge in [0.05, 0.1) is 0 Å². The molecule has 2 N–H and O–H groups in total. The molecule has 0 aliphatic heterocycles. The monoisotopic (exact) mass is 131 g/mol. The number of rotatable bonds is 1. The van der Waals surface area contributed by atoms with E-state index in [1.807, 2.05) is 0 Å². The summed E-state index contributed by atoms with van der Waals surface area (Å²) >= 11 is 5.69. The molecule has 0 amide bonds. The first kappa shape index (κ1) is 5.07. The van der Waals surface area contributed by atoms with Gasteiger partial charge in [0.2, 0.25) is 0 Å². The van der Waals surface area contributed by atoms with E-state index < -0.39 is 0 Å². The lowest BCUT2D eigenvalue weighted by atomic mass is 9.41. The van der Waals surface area contributed by atoms with E-state index >= 15 is 0 Å². The third-order valence-corrected chi connectivity index (χ3v) is 3.03. The number of hydrogen-bond donors (Lipinski definition) is 1. The van der Waals surface area contributed by atoms with Crippen LogP contribution in [0.15, 0.2) is 0 Å². The molecule has 3 saturated carbocycles. The largest absolute Gasteiger partial charge is 0.325 e. The summed E-state index contributed by atoms with van der Waals surface area (Å²) in [5.74, 6) is 0.825. The van der Waals surface area contributed by atoms with E-state index in [4.69, 9.17) is 17.3 Å². The Balaban J connectivity index is 2.04. The van der Waals surface area contributed by atoms with Crippen LogP contribution in [0.3, 0.4) is 0 Å². The fourth-order valence-corrected chi connectivity index (χ4v) is 2.51. The molecule has 0 aromatic carbocycles. The Kier molecular flexibility index (Phi) is 0.679. The Labute approximate surface area is 54.2 Å². The fourth-order valence-electron chi connectivity index (χ4n) is 2.23. The van der Waals surface area contributed by atoms with Crippen molar-refractivity contribution in [2.45, 2.75) is 24.8 Å². The Bertz CT molecular complexity index is 113. The summed E-state index contributed by atoms with van der Waals surface area (Å²) in [6.07, 6.45) is 3.55. The molecule has 1 nitrogen and oxygen atoms in total. The zero-order valence-corrected chi connectivity index (χ0v) is 5.54. The lowest BCUT2D eigenvalue weighted by molar-refractivity contribution is -0.112. The first-order valence-corrected chi connectivity index (χ1v) is 3.57. The van der Waals surface area contributed by atoms with Gasteiger partial charge in [-0.2, -0.15) is 0 Å². The van der Waals surface area contributed by atoms with Gasteiger partial charge in [-0.25, -0.2) is 0 Å². The van der Waals surface area contributed by atoms with Crippen molar-refractivity contribution in [3.05, 3.63) is 0 Å². The normalized spacial score (nSPS) is 59.2. The second kappa shape index (κ2) is 1.07. The summed E-state index contributed by atoms with van der Waals surface area (Å²) in [7, 11) is 0. The van der Waals surface area contributed by atoms with Crippen LogP contribution < -0.4 is 5.73 Å². The molecule has 0 radical (unpaired) electrons. The standard InChI is InChI=1S/C6H10ClN/c7-4-5-1-6(8,2-5)3-5/h1-4,8H2. The average Bonchev–Trinajstić information content (AvgIpc) is 1.55. The molecular weight excluding hydrogens is 122 g/mol. The van der Waals surface area contributed by atoms with Gasteiger partial charge >= 0.3 is 0 Å². The molecule has 0 aromatic rings. The van der Waals surface area contributed by atoms with Crippen LogP contribution >= 0.6 is 11.6 Å². The van der Waals surface area contributed by atoms with E-state index in [9.17, 15) is 0 Å². The number of nitrogens with two attached hydrogens (primary N) is 1. The second-order valence-electron chi connectivity index (χ2n) is 3.53. The van der Waals surface area contributed by atoms with Crippen LogP contribution in [-0.2, 0) is 0 Å². The van der Waals surface area contributed by atoms with Gasteiger partial charge in [-0.05, 0) is 24.7 Å². The van der Waals surface area contributed by atoms with E-state index in [1.54, 1.807) is 0 Å². The molecule has 0 saturated heterocycles. The first-order chi connectivity index (χ1) is 3.68. The highest BCUT2D eigenvalue weighted by Gasteiger charge is 2.64. The lowest BCUT2D eigenvalue weighted by Gasteiger charge is -2.68. The SMILES string of the molecule is NC12CC(CCl)(C1)C2. The summed E-state index contributed by atoms with van der Waals surface area (Å²) in [5, 5.41) is 0. The zero-order chi connectivity index (χ0) is 5.83. The van der Waals surface area contributed by atoms with Crippen LogP contribution in [0.25, 0.3) is 0 Å². The third kappa shape index (κ3) is 0.381. The van der Waals surface area contributed by atoms with Crippen molar-refractivity contribution in [3.63, 3.8) is 0 Å². The molecule has 0 heterocycles. The van der Waals surface area contributed by atoms with E-state index in [2.05, 4.69) is 0 Å². The van der Waals surface area contributed by atoms with Crippen LogP contribution in [0.2, 0.25) is 0 Å². The van der Waals surface area contributed by atoms with E-state index in [1.165, 1.54) is 19.3 Å². The molecule has 3 rings (SSSR count). The summed E-state index contributed by atoms with van der Waals surface area (Å²) < 4.78 is 0. The molecule has 8 heavy (non-hydrogen) atoms. The molecule has 2 bridgehead atoms. The Morgan fingerprint density at radius 2 is 1.88 bits per heavy atom. The number of hydrogen-bond acceptors (Lipinski definition) is 1. The minimum absolute atomic E-state index is 0.245. The molecule has 46 valence electrons. The Morgan fingerprint density at radius 3 is 2.00 bits per heavy atom. The number of halogens is 1. The summed E-state index contributed by atoms with van der Waals surface area (Å²) in [5.41, 5.74) is 6.54. The molecule has 2 heteroatoms. The molecule has 0 unspecified atom stereocenters. The summed E-state index contributed by atoms with van der Waals surface area (Å²) in [6.45, 7) is 0. The van der Waals surface area contributed by atoms with Crippen molar-refractivity contribution in [2.24, 2.45) is 11.1 Å². The molecule has 3 aliphatic carbocycles. The van der Waals surface area contributed by atoms with Gasteiger partial charge in [0.15, 0.2) is 0 Å². The van der Waals surface area contributed by atoms with Crippen molar-refractivity contribution in [3.8, 4) is 0 Å². The summed E-state index contributed by atoms with van der Waals surface area (Å²) in [6, 6.07) is 0. The highest BCUT2D eigenvalue weighted by atomic mass is 35.5. The van der Waals surface area contributed by atoms with Crippen molar-refractivity contribution < 1.29 is 0 Å². The van der Waals surface area contributed by atoms with Crippen molar-refractivity contribution in [1.82, 2.24) is 0 Å². The van der Waals surface area contributed by atoms with Gasteiger partial charge in [0.1, 0.15) is 0 Å². The average molecular weight is 132 g/mol. The smallest absolute Gasteiger partial charge is 0.0282 e. The van der Waals surface area contributed by atoms with Crippen LogP contribution in [0.1, 0.15) is 19.3 Å². The topological polar surface area (TPSA) is 26.0 Å². The van der Waals surface area contributed by atoms with Gasteiger partial charge in [0.25, 0.3) is 0 Å². The fraction of sp³-hybridized carbons (Fsp3) is 1.00. The van der Waals surface area contributed by atoms with Gasteiger partial charge in [-0.3, -0.25) is 0 Å². The Morgan fingerprint density at radius 1 is 1.38 bits per heavy atom. The number of alkyl halides is 1. The van der Waals surface area contributed by atoms with E-state index in [-0.39, 0.29) is 5.54 Å². The van der Waals surface area contributed by atoms with Gasteiger partial charge in [-0.1, -0.05) is 0 Å². The van der Waals surface area contributed by atoms with Crippen LogP contribution in [0.5, 0.6) is 0 Å². The van der Waals surface area contributed by atoms with Crippen molar-refractivity contribution >= 4 is 11.6 Å². The van der Waals surface area contributed by atoms with Crippen LogP contribution in [-0.4, -0.2) is 11.4 Å². The maximum atomic E-state index is 5.79. The maximum absolute atomic E-state index is 5.79. The second-order valence-corrected chi connectivity index (χ2v) is 3.79. The first-order valence-electron chi connectivity index (χ1n) is 3.03. The minimum Gasteiger partial charge on any atom is -0.325 e. The highest BCUT2D eigenvalue weighted by molar-refractivity contribution is 6.18. The van der Waals surface area contributed by atoms with Crippen molar-refractivity contribution in [2.75, 3.05) is 5.88 Å². The van der Waals surface area contributed by atoms with Crippen molar-refractivity contribution in [1.29, 1.82) is 0 Å². The van der Waals surface area contributed by atoms with E-state index in [0.29, 0.717) is 5.41 Å². The molecule has 0 aromatic heterocycles. The predicted molar refractivity (Wildman–Crippen MR) is 33.9 cm³/mol. The van der Waals surface area contributed by atoms with Crippen LogP contribution in [0.4, 0.5) is 0 Å². The third-order valence-electron chi connectivity index (χ3n) is 2.46. The van der Waals surface area contributed by atoms with E-state index in [0.717, 1.165) is 5.88 Å². The molecular formula is C6H10ClN. The lowest BCUT2D eigenvalue weighted by Crippen LogP contribution is -2.72. The molecule has 3 fully saturated rings. The van der Waals surface area contributed by atoms with Gasteiger partial charge < -0.3 is 5.73 Å². The van der Waals surface area contributed by atoms with Crippen LogP contribution in [0, 0.1) is 5.41 Å². The molecule has 3 aliphatic rings. The zero-order valence-electron chi connectivity index (χ0n) is 4.78. The molecule has 0 atom stereocenters. The van der Waals surface area contributed by atoms with Gasteiger partial charge in [-0.15, -0.1) is 11.6 Å². The Hall–Kier alpha value is 0.250. The summed E-state index contributed by atoms with van der Waals surface area (Å²) in [4.78, 5) is 0. The quantitative estimate of drug-likeness (QED) is 0.530. The maximum Gasteiger partial charge on any atom is 0.0282 e. The minimum atomic E-state index is 0.245. The highest BCUT2D eigenvalue weighted by Crippen LogP contribution is 2.66. The van der Waals surface area contributed by atoms with Gasteiger partial charge in [0, 0.05) is 11.4 Å². The molecule has 0 spiro atoms. The predicted octanol–water partition coefficient (Wildman–Crippen LogP) is 1.11.